The molecule has 0 atom stereocenters. The van der Waals surface area contributed by atoms with Crippen LogP contribution in [-0.2, 0) is 28.3 Å². The normalized spacial score (nSPS) is 11.9. The number of pyridine rings is 1. The third kappa shape index (κ3) is 4.52. The average molecular weight is 430 g/mol. The highest BCUT2D eigenvalue weighted by Gasteiger charge is 2.22. The van der Waals surface area contributed by atoms with Crippen LogP contribution < -0.4 is 5.32 Å². The summed E-state index contributed by atoms with van der Waals surface area (Å²) in [5.41, 5.74) is 2.44. The fraction of sp³-hybridized carbons (Fsp3) is 0.381. The number of anilines is 1. The van der Waals surface area contributed by atoms with Crippen molar-refractivity contribution in [1.29, 1.82) is 0 Å². The van der Waals surface area contributed by atoms with Crippen molar-refractivity contribution in [2.75, 3.05) is 18.4 Å². The Balaban J connectivity index is 1.77. The first-order valence-corrected chi connectivity index (χ1v) is 11.4. The first-order chi connectivity index (χ1) is 14.3. The molecule has 0 fully saturated rings. The molecule has 0 aliphatic rings. The Bertz CT molecular complexity index is 1170. The molecule has 0 aliphatic carbocycles. The Labute approximate surface area is 177 Å². The number of nitrogens with zero attached hydrogens (tertiary/aromatic N) is 4. The lowest BCUT2D eigenvalue weighted by molar-refractivity contribution is -0.116. The molecule has 0 saturated carbocycles. The van der Waals surface area contributed by atoms with Gasteiger partial charge in [0.2, 0.25) is 15.9 Å². The van der Waals surface area contributed by atoms with Crippen LogP contribution in [0.4, 0.5) is 5.82 Å². The zero-order valence-corrected chi connectivity index (χ0v) is 18.5. The molecule has 3 rings (SSSR count). The summed E-state index contributed by atoms with van der Waals surface area (Å²) in [4.78, 5) is 21.2. The maximum absolute atomic E-state index is 12.8. The number of fused-ring (bicyclic) bond motifs is 1. The van der Waals surface area contributed by atoms with Gasteiger partial charge in [-0.15, -0.1) is 0 Å². The van der Waals surface area contributed by atoms with Gasteiger partial charge in [0.15, 0.2) is 0 Å². The Morgan fingerprint density at radius 3 is 2.57 bits per heavy atom. The second kappa shape index (κ2) is 8.93. The van der Waals surface area contributed by atoms with Gasteiger partial charge in [0.05, 0.1) is 15.9 Å². The zero-order valence-electron chi connectivity index (χ0n) is 17.7. The number of aromatic nitrogens is 3. The summed E-state index contributed by atoms with van der Waals surface area (Å²) in [5.74, 6) is 1.09. The Hall–Kier alpha value is -2.78. The number of amides is 1. The van der Waals surface area contributed by atoms with Gasteiger partial charge in [0.1, 0.15) is 11.6 Å². The van der Waals surface area contributed by atoms with Crippen LogP contribution >= 0.6 is 0 Å². The SMILES string of the molecule is CCN(CC)S(=O)(=O)c1ccc2c(c1)nc(CCC(=O)Nc1cc(C)ccn1)n2C. The van der Waals surface area contributed by atoms with Gasteiger partial charge in [0, 0.05) is 39.2 Å². The molecule has 160 valence electrons. The summed E-state index contributed by atoms with van der Waals surface area (Å²) >= 11 is 0. The van der Waals surface area contributed by atoms with E-state index in [2.05, 4.69) is 15.3 Å². The molecule has 0 saturated heterocycles. The number of aryl methyl sites for hydroxylation is 3. The number of carbonyl (C=O) groups excluding carboxylic acids is 1. The number of benzene rings is 1. The average Bonchev–Trinajstić information content (AvgIpc) is 3.02. The van der Waals surface area contributed by atoms with Crippen LogP contribution in [0.1, 0.15) is 31.7 Å². The third-order valence-electron chi connectivity index (χ3n) is 5.05. The molecule has 0 radical (unpaired) electrons. The van der Waals surface area contributed by atoms with Crippen LogP contribution in [-0.4, -0.2) is 46.3 Å². The van der Waals surface area contributed by atoms with Gasteiger partial charge in [-0.05, 0) is 42.8 Å². The van der Waals surface area contributed by atoms with Crippen molar-refractivity contribution in [3.63, 3.8) is 0 Å². The highest BCUT2D eigenvalue weighted by atomic mass is 32.2. The molecule has 2 heterocycles. The molecule has 30 heavy (non-hydrogen) atoms. The molecular weight excluding hydrogens is 402 g/mol. The quantitative estimate of drug-likeness (QED) is 0.594. The van der Waals surface area contributed by atoms with Gasteiger partial charge >= 0.3 is 0 Å². The lowest BCUT2D eigenvalue weighted by Crippen LogP contribution is -2.30. The van der Waals surface area contributed by atoms with Gasteiger partial charge in [-0.1, -0.05) is 13.8 Å². The van der Waals surface area contributed by atoms with Crippen LogP contribution in [0.3, 0.4) is 0 Å². The van der Waals surface area contributed by atoms with E-state index in [1.54, 1.807) is 24.4 Å². The molecule has 8 nitrogen and oxygen atoms in total. The van der Waals surface area contributed by atoms with Gasteiger partial charge in [-0.3, -0.25) is 4.79 Å². The van der Waals surface area contributed by atoms with Crippen LogP contribution in [0.2, 0.25) is 0 Å². The fourth-order valence-corrected chi connectivity index (χ4v) is 4.84. The van der Waals surface area contributed by atoms with E-state index in [0.717, 1.165) is 16.9 Å². The van der Waals surface area contributed by atoms with E-state index in [4.69, 9.17) is 0 Å². The second-order valence-corrected chi connectivity index (χ2v) is 9.03. The van der Waals surface area contributed by atoms with Gasteiger partial charge in [-0.2, -0.15) is 4.31 Å². The van der Waals surface area contributed by atoms with Gasteiger partial charge < -0.3 is 9.88 Å². The van der Waals surface area contributed by atoms with Crippen LogP contribution in [0.5, 0.6) is 0 Å². The van der Waals surface area contributed by atoms with E-state index in [1.165, 1.54) is 4.31 Å². The molecule has 1 amide bonds. The van der Waals surface area contributed by atoms with Crippen molar-refractivity contribution in [1.82, 2.24) is 18.8 Å². The molecule has 0 unspecified atom stereocenters. The van der Waals surface area contributed by atoms with Crippen LogP contribution in [0, 0.1) is 6.92 Å². The number of hydrogen-bond acceptors (Lipinski definition) is 5. The maximum atomic E-state index is 12.8. The molecule has 0 aliphatic heterocycles. The summed E-state index contributed by atoms with van der Waals surface area (Å²) in [5, 5.41) is 2.79. The minimum Gasteiger partial charge on any atom is -0.331 e. The molecule has 2 aromatic heterocycles. The van der Waals surface area contributed by atoms with E-state index >= 15 is 0 Å². The number of hydrogen-bond donors (Lipinski definition) is 1. The predicted octanol–water partition coefficient (Wildman–Crippen LogP) is 2.88. The second-order valence-electron chi connectivity index (χ2n) is 7.09. The predicted molar refractivity (Wildman–Crippen MR) is 117 cm³/mol. The monoisotopic (exact) mass is 429 g/mol. The molecule has 1 N–H and O–H groups in total. The van der Waals surface area contributed by atoms with E-state index in [0.29, 0.717) is 30.8 Å². The van der Waals surface area contributed by atoms with E-state index < -0.39 is 10.0 Å². The topological polar surface area (TPSA) is 97.2 Å². The van der Waals surface area contributed by atoms with E-state index in [-0.39, 0.29) is 17.2 Å². The van der Waals surface area contributed by atoms with Crippen LogP contribution in [0.25, 0.3) is 11.0 Å². The van der Waals surface area contributed by atoms with Crippen LogP contribution in [0.15, 0.2) is 41.4 Å². The van der Waals surface area contributed by atoms with Crippen molar-refractivity contribution in [2.24, 2.45) is 7.05 Å². The smallest absolute Gasteiger partial charge is 0.243 e. The van der Waals surface area contributed by atoms with Gasteiger partial charge in [-0.25, -0.2) is 18.4 Å². The van der Waals surface area contributed by atoms with E-state index in [9.17, 15) is 13.2 Å². The number of carbonyl (C=O) groups is 1. The molecule has 0 bridgehead atoms. The first-order valence-electron chi connectivity index (χ1n) is 9.94. The maximum Gasteiger partial charge on any atom is 0.243 e. The molecule has 9 heteroatoms. The number of imidazole rings is 1. The minimum atomic E-state index is -3.55. The highest BCUT2D eigenvalue weighted by Crippen LogP contribution is 2.23. The molecule has 1 aromatic carbocycles. The lowest BCUT2D eigenvalue weighted by atomic mass is 10.2. The molecule has 3 aromatic rings. The van der Waals surface area contributed by atoms with Crippen molar-refractivity contribution >= 4 is 32.8 Å². The summed E-state index contributed by atoms with van der Waals surface area (Å²) in [6.07, 6.45) is 2.33. The summed E-state index contributed by atoms with van der Waals surface area (Å²) < 4.78 is 28.9. The lowest BCUT2D eigenvalue weighted by Gasteiger charge is -2.18. The zero-order chi connectivity index (χ0) is 21.9. The Morgan fingerprint density at radius 2 is 1.90 bits per heavy atom. The Kier molecular flexibility index (Phi) is 6.52. The summed E-state index contributed by atoms with van der Waals surface area (Å²) in [6.45, 7) is 6.39. The highest BCUT2D eigenvalue weighted by molar-refractivity contribution is 7.89. The van der Waals surface area contributed by atoms with Crippen molar-refractivity contribution < 1.29 is 13.2 Å². The standard InChI is InChI=1S/C21H27N5O3S/c1-5-26(6-2)30(28,29)16-7-8-18-17(14-16)23-20(25(18)4)9-10-21(27)24-19-13-15(3)11-12-22-19/h7-8,11-14H,5-6,9-10H2,1-4H3,(H,22,24,27). The third-order valence-corrected chi connectivity index (χ3v) is 7.09. The van der Waals surface area contributed by atoms with Crippen molar-refractivity contribution in [2.45, 2.75) is 38.5 Å². The number of sulfonamides is 1. The van der Waals surface area contributed by atoms with Gasteiger partial charge in [0.25, 0.3) is 0 Å². The summed E-state index contributed by atoms with van der Waals surface area (Å²) in [6, 6.07) is 8.65. The Morgan fingerprint density at radius 1 is 1.17 bits per heavy atom. The number of rotatable bonds is 8. The largest absolute Gasteiger partial charge is 0.331 e. The van der Waals surface area contributed by atoms with E-state index in [1.807, 2.05) is 44.5 Å². The van der Waals surface area contributed by atoms with Crippen molar-refractivity contribution in [3.8, 4) is 0 Å². The minimum absolute atomic E-state index is 0.148. The summed E-state index contributed by atoms with van der Waals surface area (Å²) in [7, 11) is -1.68. The first kappa shape index (κ1) is 21.9. The van der Waals surface area contributed by atoms with Crippen molar-refractivity contribution in [3.05, 3.63) is 47.9 Å². The molecular formula is C21H27N5O3S. The number of nitrogens with one attached hydrogen (secondary N) is 1. The fourth-order valence-electron chi connectivity index (χ4n) is 3.36. The molecule has 0 spiro atoms.